The van der Waals surface area contributed by atoms with E-state index >= 15 is 0 Å². The van der Waals surface area contributed by atoms with Gasteiger partial charge in [0.25, 0.3) is 0 Å². The third kappa shape index (κ3) is 4.87. The Morgan fingerprint density at radius 2 is 1.89 bits per heavy atom. The lowest BCUT2D eigenvalue weighted by Crippen LogP contribution is -2.47. The van der Waals surface area contributed by atoms with E-state index in [9.17, 15) is 9.59 Å². The van der Waals surface area contributed by atoms with Gasteiger partial charge in [-0.25, -0.2) is 0 Å². The lowest BCUT2D eigenvalue weighted by atomic mass is 9.68. The predicted molar refractivity (Wildman–Crippen MR) is 104 cm³/mol. The van der Waals surface area contributed by atoms with Crippen LogP contribution in [-0.2, 0) is 24.5 Å². The molecule has 6 nitrogen and oxygen atoms in total. The first-order chi connectivity index (χ1) is 13.1. The van der Waals surface area contributed by atoms with Gasteiger partial charge in [-0.15, -0.1) is 0 Å². The van der Waals surface area contributed by atoms with Crippen molar-refractivity contribution < 1.29 is 19.1 Å². The Hall–Kier alpha value is -1.92. The second kappa shape index (κ2) is 9.33. The molecular formula is C21H30N2O4. The molecule has 0 aromatic heterocycles. The summed E-state index contributed by atoms with van der Waals surface area (Å²) in [7, 11) is 1.49. The smallest absolute Gasteiger partial charge is 0.250 e. The molecule has 148 valence electrons. The van der Waals surface area contributed by atoms with Gasteiger partial charge in [0.05, 0.1) is 11.5 Å². The molecule has 1 aromatic rings. The second-order valence-corrected chi connectivity index (χ2v) is 7.55. The van der Waals surface area contributed by atoms with Crippen LogP contribution < -0.4 is 10.6 Å². The average molecular weight is 374 g/mol. The molecule has 1 unspecified atom stereocenters. The van der Waals surface area contributed by atoms with Gasteiger partial charge in [0, 0.05) is 25.9 Å². The van der Waals surface area contributed by atoms with Gasteiger partial charge in [0.15, 0.2) is 0 Å². The zero-order chi connectivity index (χ0) is 19.1. The SMILES string of the molecule is COCC(=O)Nc1ccc(C2(C(=O)NCC3CCCO3)CCCCC2)cc1. The average Bonchev–Trinajstić information content (AvgIpc) is 3.21. The Morgan fingerprint density at radius 3 is 2.52 bits per heavy atom. The van der Waals surface area contributed by atoms with E-state index in [4.69, 9.17) is 9.47 Å². The molecule has 2 N–H and O–H groups in total. The van der Waals surface area contributed by atoms with Gasteiger partial charge in [-0.1, -0.05) is 31.4 Å². The summed E-state index contributed by atoms with van der Waals surface area (Å²) in [5.41, 5.74) is 1.26. The third-order valence-electron chi connectivity index (χ3n) is 5.65. The van der Waals surface area contributed by atoms with Crippen molar-refractivity contribution in [3.63, 3.8) is 0 Å². The summed E-state index contributed by atoms with van der Waals surface area (Å²) >= 11 is 0. The number of anilines is 1. The van der Waals surface area contributed by atoms with Crippen LogP contribution in [0.3, 0.4) is 0 Å². The van der Waals surface area contributed by atoms with Crippen molar-refractivity contribution in [3.8, 4) is 0 Å². The fourth-order valence-corrected chi connectivity index (χ4v) is 4.18. The minimum Gasteiger partial charge on any atom is -0.376 e. The lowest BCUT2D eigenvalue weighted by Gasteiger charge is -2.36. The van der Waals surface area contributed by atoms with Crippen LogP contribution in [0.5, 0.6) is 0 Å². The van der Waals surface area contributed by atoms with Crippen LogP contribution in [0.25, 0.3) is 0 Å². The van der Waals surface area contributed by atoms with Gasteiger partial charge < -0.3 is 20.1 Å². The first-order valence-electron chi connectivity index (χ1n) is 9.93. The van der Waals surface area contributed by atoms with Crippen molar-refractivity contribution in [1.82, 2.24) is 5.32 Å². The highest BCUT2D eigenvalue weighted by atomic mass is 16.5. The Morgan fingerprint density at radius 1 is 1.15 bits per heavy atom. The third-order valence-corrected chi connectivity index (χ3v) is 5.65. The maximum atomic E-state index is 13.2. The Bertz CT molecular complexity index is 632. The van der Waals surface area contributed by atoms with E-state index in [1.807, 2.05) is 24.3 Å². The molecule has 0 spiro atoms. The molecule has 1 aliphatic heterocycles. The Kier molecular flexibility index (Phi) is 6.85. The van der Waals surface area contributed by atoms with E-state index < -0.39 is 5.41 Å². The number of methoxy groups -OCH3 is 1. The first-order valence-corrected chi connectivity index (χ1v) is 9.93. The summed E-state index contributed by atoms with van der Waals surface area (Å²) in [4.78, 5) is 24.8. The molecule has 1 heterocycles. The van der Waals surface area contributed by atoms with E-state index in [-0.39, 0.29) is 24.5 Å². The standard InChI is InChI=1S/C21H30N2O4/c1-26-15-19(24)23-17-9-7-16(8-10-17)21(11-3-2-4-12-21)20(25)22-14-18-6-5-13-27-18/h7-10,18H,2-6,11-15H2,1H3,(H,22,25)(H,23,24). The predicted octanol–water partition coefficient (Wildman–Crippen LogP) is 2.77. The van der Waals surface area contributed by atoms with Gasteiger partial charge in [-0.05, 0) is 43.4 Å². The van der Waals surface area contributed by atoms with Crippen LogP contribution >= 0.6 is 0 Å². The summed E-state index contributed by atoms with van der Waals surface area (Å²) in [5, 5.41) is 5.94. The largest absolute Gasteiger partial charge is 0.376 e. The van der Waals surface area contributed by atoms with Crippen LogP contribution in [0.4, 0.5) is 5.69 Å². The van der Waals surface area contributed by atoms with Crippen LogP contribution in [-0.4, -0.2) is 44.8 Å². The van der Waals surface area contributed by atoms with Gasteiger partial charge >= 0.3 is 0 Å². The van der Waals surface area contributed by atoms with Crippen LogP contribution in [0.1, 0.15) is 50.5 Å². The highest BCUT2D eigenvalue weighted by Crippen LogP contribution is 2.40. The van der Waals surface area contributed by atoms with E-state index in [1.54, 1.807) is 0 Å². The molecule has 1 saturated heterocycles. The van der Waals surface area contributed by atoms with Crippen molar-refractivity contribution in [2.24, 2.45) is 0 Å². The summed E-state index contributed by atoms with van der Waals surface area (Å²) < 4.78 is 10.5. The maximum Gasteiger partial charge on any atom is 0.250 e. The van der Waals surface area contributed by atoms with E-state index in [0.29, 0.717) is 12.2 Å². The summed E-state index contributed by atoms with van der Waals surface area (Å²) in [6.07, 6.45) is 7.24. The normalized spacial score (nSPS) is 21.6. The van der Waals surface area contributed by atoms with Crippen LogP contribution in [0.15, 0.2) is 24.3 Å². The van der Waals surface area contributed by atoms with Gasteiger partial charge in [-0.2, -0.15) is 0 Å². The number of benzene rings is 1. The number of ether oxygens (including phenoxy) is 2. The summed E-state index contributed by atoms with van der Waals surface area (Å²) in [6.45, 7) is 1.41. The molecular weight excluding hydrogens is 344 g/mol. The molecule has 1 atom stereocenters. The zero-order valence-electron chi connectivity index (χ0n) is 16.1. The molecule has 0 radical (unpaired) electrons. The van der Waals surface area contributed by atoms with E-state index in [0.717, 1.165) is 50.7 Å². The highest BCUT2D eigenvalue weighted by Gasteiger charge is 2.41. The Labute approximate surface area is 161 Å². The molecule has 1 saturated carbocycles. The molecule has 1 aliphatic carbocycles. The molecule has 3 rings (SSSR count). The van der Waals surface area contributed by atoms with Gasteiger partial charge in [0.2, 0.25) is 11.8 Å². The van der Waals surface area contributed by atoms with Crippen molar-refractivity contribution in [1.29, 1.82) is 0 Å². The monoisotopic (exact) mass is 374 g/mol. The first kappa shape index (κ1) is 19.8. The minimum absolute atomic E-state index is 0.0251. The van der Waals surface area contributed by atoms with E-state index in [2.05, 4.69) is 10.6 Å². The number of carbonyl (C=O) groups is 2. The minimum atomic E-state index is -0.480. The van der Waals surface area contributed by atoms with Crippen molar-refractivity contribution in [3.05, 3.63) is 29.8 Å². The molecule has 27 heavy (non-hydrogen) atoms. The molecule has 6 heteroatoms. The van der Waals surface area contributed by atoms with Crippen LogP contribution in [0.2, 0.25) is 0 Å². The molecule has 2 aliphatic rings. The van der Waals surface area contributed by atoms with Crippen LogP contribution in [0, 0.1) is 0 Å². The van der Waals surface area contributed by atoms with Crippen molar-refractivity contribution >= 4 is 17.5 Å². The van der Waals surface area contributed by atoms with Gasteiger partial charge in [-0.3, -0.25) is 9.59 Å². The molecule has 1 aromatic carbocycles. The van der Waals surface area contributed by atoms with Crippen molar-refractivity contribution in [2.45, 2.75) is 56.5 Å². The molecule has 0 bridgehead atoms. The summed E-state index contributed by atoms with van der Waals surface area (Å²) in [6, 6.07) is 7.68. The zero-order valence-corrected chi connectivity index (χ0v) is 16.1. The number of hydrogen-bond acceptors (Lipinski definition) is 4. The van der Waals surface area contributed by atoms with Crippen molar-refractivity contribution in [2.75, 3.05) is 32.2 Å². The van der Waals surface area contributed by atoms with Gasteiger partial charge in [0.1, 0.15) is 6.61 Å². The topological polar surface area (TPSA) is 76.7 Å². The lowest BCUT2D eigenvalue weighted by molar-refractivity contribution is -0.128. The quantitative estimate of drug-likeness (QED) is 0.769. The number of nitrogens with one attached hydrogen (secondary N) is 2. The fourth-order valence-electron chi connectivity index (χ4n) is 4.18. The van der Waals surface area contributed by atoms with E-state index in [1.165, 1.54) is 13.5 Å². The Balaban J connectivity index is 1.71. The maximum absolute atomic E-state index is 13.2. The fraction of sp³-hybridized carbons (Fsp3) is 0.619. The number of amides is 2. The molecule has 2 amide bonds. The number of carbonyl (C=O) groups excluding carboxylic acids is 2. The molecule has 2 fully saturated rings. The highest BCUT2D eigenvalue weighted by molar-refractivity contribution is 5.92. The number of rotatable bonds is 7. The summed E-state index contributed by atoms with van der Waals surface area (Å²) in [5.74, 6) is -0.0826. The number of hydrogen-bond donors (Lipinski definition) is 2. The second-order valence-electron chi connectivity index (χ2n) is 7.55.